The summed E-state index contributed by atoms with van der Waals surface area (Å²) in [7, 11) is 1.37. The number of esters is 1. The standard InChI is InChI=1S/C23H34N2O5/c1-17(2)22(25-20(27)13-9-4-5-10-14-21(28)30-3)23(29)24-19(16-26)15-18-11-7-6-8-12-18/h6-8,11-12,16-17,19,22H,4-5,9-10,13-15H2,1-3H3,(H,24,29)(H,25,27). The van der Waals surface area contributed by atoms with Crippen LogP contribution in [0.15, 0.2) is 30.3 Å². The number of carbonyl (C=O) groups is 4. The largest absolute Gasteiger partial charge is 0.469 e. The van der Waals surface area contributed by atoms with E-state index in [2.05, 4.69) is 15.4 Å². The molecule has 0 bridgehead atoms. The van der Waals surface area contributed by atoms with E-state index in [4.69, 9.17) is 0 Å². The number of rotatable bonds is 14. The summed E-state index contributed by atoms with van der Waals surface area (Å²) >= 11 is 0. The Morgan fingerprint density at radius 2 is 1.60 bits per heavy atom. The quantitative estimate of drug-likeness (QED) is 0.275. The van der Waals surface area contributed by atoms with Crippen molar-refractivity contribution in [2.24, 2.45) is 5.92 Å². The third-order valence-corrected chi connectivity index (χ3v) is 4.82. The molecule has 0 radical (unpaired) electrons. The van der Waals surface area contributed by atoms with Crippen LogP contribution in [0, 0.1) is 5.92 Å². The second-order valence-corrected chi connectivity index (χ2v) is 7.72. The van der Waals surface area contributed by atoms with Crippen LogP contribution in [0.25, 0.3) is 0 Å². The average Bonchev–Trinajstić information content (AvgIpc) is 2.74. The fourth-order valence-electron chi connectivity index (χ4n) is 3.06. The van der Waals surface area contributed by atoms with Gasteiger partial charge in [0.05, 0.1) is 13.2 Å². The van der Waals surface area contributed by atoms with Crippen LogP contribution in [0.5, 0.6) is 0 Å². The van der Waals surface area contributed by atoms with Gasteiger partial charge in [0.15, 0.2) is 0 Å². The lowest BCUT2D eigenvalue weighted by molar-refractivity contribution is -0.140. The van der Waals surface area contributed by atoms with Crippen molar-refractivity contribution in [3.63, 3.8) is 0 Å². The van der Waals surface area contributed by atoms with Crippen molar-refractivity contribution in [3.8, 4) is 0 Å². The minimum Gasteiger partial charge on any atom is -0.469 e. The van der Waals surface area contributed by atoms with E-state index in [0.717, 1.165) is 31.1 Å². The van der Waals surface area contributed by atoms with Crippen LogP contribution >= 0.6 is 0 Å². The first kappa shape index (κ1) is 25.3. The van der Waals surface area contributed by atoms with Crippen molar-refractivity contribution < 1.29 is 23.9 Å². The zero-order valence-corrected chi connectivity index (χ0v) is 18.2. The van der Waals surface area contributed by atoms with E-state index in [1.54, 1.807) is 0 Å². The van der Waals surface area contributed by atoms with Crippen molar-refractivity contribution in [2.45, 2.75) is 70.9 Å². The second-order valence-electron chi connectivity index (χ2n) is 7.72. The number of benzene rings is 1. The Morgan fingerprint density at radius 3 is 2.17 bits per heavy atom. The fraction of sp³-hybridized carbons (Fsp3) is 0.565. The van der Waals surface area contributed by atoms with Gasteiger partial charge in [-0.2, -0.15) is 0 Å². The molecular formula is C23H34N2O5. The van der Waals surface area contributed by atoms with E-state index in [1.165, 1.54) is 7.11 Å². The van der Waals surface area contributed by atoms with E-state index < -0.39 is 12.1 Å². The maximum Gasteiger partial charge on any atom is 0.305 e. The Hall–Kier alpha value is -2.70. The number of aldehydes is 1. The Bertz CT molecular complexity index is 675. The van der Waals surface area contributed by atoms with Gasteiger partial charge in [-0.05, 0) is 30.7 Å². The van der Waals surface area contributed by atoms with E-state index in [1.807, 2.05) is 44.2 Å². The lowest BCUT2D eigenvalue weighted by Gasteiger charge is -2.23. The summed E-state index contributed by atoms with van der Waals surface area (Å²) in [6.45, 7) is 3.70. The van der Waals surface area contributed by atoms with E-state index in [0.29, 0.717) is 25.7 Å². The molecule has 0 heterocycles. The van der Waals surface area contributed by atoms with Gasteiger partial charge in [0.25, 0.3) is 0 Å². The SMILES string of the molecule is COC(=O)CCCCCCC(=O)NC(C(=O)NC(C=O)Cc1ccccc1)C(C)C. The topological polar surface area (TPSA) is 102 Å². The Morgan fingerprint density at radius 1 is 0.967 bits per heavy atom. The Labute approximate surface area is 178 Å². The predicted molar refractivity (Wildman–Crippen MR) is 115 cm³/mol. The first-order chi connectivity index (χ1) is 14.4. The molecular weight excluding hydrogens is 384 g/mol. The molecule has 1 aromatic carbocycles. The zero-order chi connectivity index (χ0) is 22.4. The highest BCUT2D eigenvalue weighted by atomic mass is 16.5. The molecule has 7 nitrogen and oxygen atoms in total. The molecule has 0 aromatic heterocycles. The van der Waals surface area contributed by atoms with E-state index in [-0.39, 0.29) is 23.7 Å². The monoisotopic (exact) mass is 418 g/mol. The summed E-state index contributed by atoms with van der Waals surface area (Å²) in [5.74, 6) is -0.885. The first-order valence-corrected chi connectivity index (χ1v) is 10.5. The highest BCUT2D eigenvalue weighted by Crippen LogP contribution is 2.09. The molecule has 166 valence electrons. The number of carbonyl (C=O) groups excluding carboxylic acids is 4. The average molecular weight is 419 g/mol. The molecule has 1 aromatic rings. The first-order valence-electron chi connectivity index (χ1n) is 10.5. The minimum absolute atomic E-state index is 0.113. The normalized spacial score (nSPS) is 12.7. The summed E-state index contributed by atoms with van der Waals surface area (Å²) in [5, 5.41) is 5.52. The molecule has 7 heteroatoms. The lowest BCUT2D eigenvalue weighted by atomic mass is 10.0. The van der Waals surface area contributed by atoms with Crippen molar-refractivity contribution >= 4 is 24.1 Å². The molecule has 2 unspecified atom stereocenters. The third-order valence-electron chi connectivity index (χ3n) is 4.82. The molecule has 2 N–H and O–H groups in total. The molecule has 0 saturated heterocycles. The van der Waals surface area contributed by atoms with Gasteiger partial charge in [-0.1, -0.05) is 57.0 Å². The fourth-order valence-corrected chi connectivity index (χ4v) is 3.06. The van der Waals surface area contributed by atoms with Crippen LogP contribution in [-0.2, 0) is 30.3 Å². The Kier molecular flexibility index (Phi) is 12.1. The van der Waals surface area contributed by atoms with E-state index in [9.17, 15) is 19.2 Å². The van der Waals surface area contributed by atoms with Gasteiger partial charge in [-0.3, -0.25) is 14.4 Å². The molecule has 0 aliphatic carbocycles. The molecule has 1 rings (SSSR count). The highest BCUT2D eigenvalue weighted by molar-refractivity contribution is 5.89. The molecule has 0 saturated carbocycles. The van der Waals surface area contributed by atoms with Gasteiger partial charge in [-0.25, -0.2) is 0 Å². The molecule has 0 fully saturated rings. The molecule has 0 aliphatic heterocycles. The van der Waals surface area contributed by atoms with Gasteiger partial charge in [0.2, 0.25) is 11.8 Å². The molecule has 0 aliphatic rings. The molecule has 0 spiro atoms. The summed E-state index contributed by atoms with van der Waals surface area (Å²) in [5.41, 5.74) is 0.951. The third kappa shape index (κ3) is 10.2. The van der Waals surface area contributed by atoms with Gasteiger partial charge in [0.1, 0.15) is 12.3 Å². The van der Waals surface area contributed by atoms with Crippen LogP contribution in [0.4, 0.5) is 0 Å². The zero-order valence-electron chi connectivity index (χ0n) is 18.2. The van der Waals surface area contributed by atoms with Gasteiger partial charge in [-0.15, -0.1) is 0 Å². The second kappa shape index (κ2) is 14.3. The smallest absolute Gasteiger partial charge is 0.305 e. The van der Waals surface area contributed by atoms with Crippen molar-refractivity contribution in [1.82, 2.24) is 10.6 Å². The number of amides is 2. The van der Waals surface area contributed by atoms with Crippen molar-refractivity contribution in [1.29, 1.82) is 0 Å². The van der Waals surface area contributed by atoms with Crippen LogP contribution in [0.2, 0.25) is 0 Å². The molecule has 2 amide bonds. The molecule has 30 heavy (non-hydrogen) atoms. The Balaban J connectivity index is 2.43. The number of ether oxygens (including phenoxy) is 1. The lowest BCUT2D eigenvalue weighted by Crippen LogP contribution is -2.52. The minimum atomic E-state index is -0.699. The van der Waals surface area contributed by atoms with E-state index >= 15 is 0 Å². The number of unbranched alkanes of at least 4 members (excludes halogenated alkanes) is 3. The maximum absolute atomic E-state index is 12.7. The van der Waals surface area contributed by atoms with Crippen LogP contribution in [0.1, 0.15) is 57.9 Å². The van der Waals surface area contributed by atoms with Crippen molar-refractivity contribution in [3.05, 3.63) is 35.9 Å². The van der Waals surface area contributed by atoms with Crippen LogP contribution < -0.4 is 10.6 Å². The van der Waals surface area contributed by atoms with Gasteiger partial charge >= 0.3 is 5.97 Å². The maximum atomic E-state index is 12.7. The van der Waals surface area contributed by atoms with Gasteiger partial charge < -0.3 is 20.2 Å². The summed E-state index contributed by atoms with van der Waals surface area (Å²) in [4.78, 5) is 47.4. The predicted octanol–water partition coefficient (Wildman–Crippen LogP) is 2.57. The molecule has 2 atom stereocenters. The number of nitrogens with one attached hydrogen (secondary N) is 2. The van der Waals surface area contributed by atoms with Gasteiger partial charge in [0, 0.05) is 12.8 Å². The van der Waals surface area contributed by atoms with Crippen molar-refractivity contribution in [2.75, 3.05) is 7.11 Å². The summed E-state index contributed by atoms with van der Waals surface area (Å²) in [6, 6.07) is 8.10. The van der Waals surface area contributed by atoms with Crippen LogP contribution in [0.3, 0.4) is 0 Å². The highest BCUT2D eigenvalue weighted by Gasteiger charge is 2.26. The number of methoxy groups -OCH3 is 1. The van der Waals surface area contributed by atoms with Crippen LogP contribution in [-0.4, -0.2) is 43.3 Å². The summed E-state index contributed by atoms with van der Waals surface area (Å²) < 4.78 is 4.59. The number of hydrogen-bond acceptors (Lipinski definition) is 5. The summed E-state index contributed by atoms with van der Waals surface area (Å²) in [6.07, 6.45) is 4.92. The number of hydrogen-bond donors (Lipinski definition) is 2.